The summed E-state index contributed by atoms with van der Waals surface area (Å²) < 4.78 is 1.77. The van der Waals surface area contributed by atoms with Crippen LogP contribution in [0.1, 0.15) is 10.5 Å². The van der Waals surface area contributed by atoms with Gasteiger partial charge in [-0.1, -0.05) is 6.58 Å². The fraction of sp³-hybridized carbons (Fsp3) is 0.125. The van der Waals surface area contributed by atoms with Crippen LogP contribution in [-0.2, 0) is 7.05 Å². The lowest BCUT2D eigenvalue weighted by molar-refractivity contribution is 0.104. The highest BCUT2D eigenvalue weighted by Gasteiger charge is 2.02. The van der Waals surface area contributed by atoms with Crippen LogP contribution in [0.2, 0.25) is 0 Å². The number of allylic oxidation sites excluding steroid dienone is 1. The van der Waals surface area contributed by atoms with Crippen LogP contribution in [0, 0.1) is 0 Å². The number of aryl methyl sites for hydroxylation is 1. The quantitative estimate of drug-likeness (QED) is 0.443. The van der Waals surface area contributed by atoms with Gasteiger partial charge in [-0.2, -0.15) is 0 Å². The minimum absolute atomic E-state index is 0.0347. The van der Waals surface area contributed by atoms with Gasteiger partial charge < -0.3 is 4.57 Å². The van der Waals surface area contributed by atoms with Gasteiger partial charge in [0.15, 0.2) is 0 Å². The molecule has 52 valence electrons. The highest BCUT2D eigenvalue weighted by molar-refractivity contribution is 6.02. The van der Waals surface area contributed by atoms with Crippen molar-refractivity contribution >= 4 is 5.78 Å². The topological polar surface area (TPSA) is 22.0 Å². The molecule has 0 fully saturated rings. The van der Waals surface area contributed by atoms with Gasteiger partial charge >= 0.3 is 0 Å². The Morgan fingerprint density at radius 2 is 2.50 bits per heavy atom. The smallest absolute Gasteiger partial charge is 0.201 e. The molecule has 0 radical (unpaired) electrons. The third-order valence-electron chi connectivity index (χ3n) is 1.38. The molecule has 0 saturated carbocycles. The monoisotopic (exact) mass is 135 g/mol. The van der Waals surface area contributed by atoms with Crippen molar-refractivity contribution in [3.05, 3.63) is 36.7 Å². The predicted octanol–water partition coefficient (Wildman–Crippen LogP) is 1.39. The molecule has 0 aromatic carbocycles. The minimum atomic E-state index is -0.0347. The highest BCUT2D eigenvalue weighted by atomic mass is 16.1. The molecule has 0 N–H and O–H groups in total. The van der Waals surface area contributed by atoms with Crippen molar-refractivity contribution < 1.29 is 4.79 Å². The van der Waals surface area contributed by atoms with Crippen molar-refractivity contribution in [2.24, 2.45) is 7.05 Å². The Kier molecular flexibility index (Phi) is 1.71. The van der Waals surface area contributed by atoms with E-state index in [0.717, 1.165) is 0 Å². The zero-order valence-electron chi connectivity index (χ0n) is 5.87. The maximum Gasteiger partial charge on any atom is 0.201 e. The molecule has 0 aliphatic rings. The summed E-state index contributed by atoms with van der Waals surface area (Å²) in [6.07, 6.45) is 3.14. The number of hydrogen-bond donors (Lipinski definition) is 0. The van der Waals surface area contributed by atoms with Gasteiger partial charge in [0.2, 0.25) is 5.78 Å². The Labute approximate surface area is 59.8 Å². The van der Waals surface area contributed by atoms with E-state index in [1.807, 2.05) is 19.3 Å². The molecule has 0 saturated heterocycles. The van der Waals surface area contributed by atoms with Crippen LogP contribution in [0.4, 0.5) is 0 Å². The SMILES string of the molecule is C=CC(=O)c1cccn1C. The summed E-state index contributed by atoms with van der Waals surface area (Å²) in [6, 6.07) is 3.60. The number of nitrogens with zero attached hydrogens (tertiary/aromatic N) is 1. The third kappa shape index (κ3) is 1.00. The molecule has 1 aromatic rings. The number of aromatic nitrogens is 1. The maximum atomic E-state index is 11.0. The summed E-state index contributed by atoms with van der Waals surface area (Å²) in [5, 5.41) is 0. The molecule has 0 unspecified atom stereocenters. The van der Waals surface area contributed by atoms with Gasteiger partial charge in [0.1, 0.15) is 0 Å². The number of hydrogen-bond acceptors (Lipinski definition) is 1. The zero-order valence-corrected chi connectivity index (χ0v) is 5.87. The van der Waals surface area contributed by atoms with E-state index in [2.05, 4.69) is 6.58 Å². The second kappa shape index (κ2) is 2.52. The van der Waals surface area contributed by atoms with Crippen LogP contribution in [0.5, 0.6) is 0 Å². The molecule has 2 nitrogen and oxygen atoms in total. The maximum absolute atomic E-state index is 11.0. The zero-order chi connectivity index (χ0) is 7.56. The first kappa shape index (κ1) is 6.81. The molecule has 1 aromatic heterocycles. The van der Waals surface area contributed by atoms with Crippen molar-refractivity contribution in [1.82, 2.24) is 4.57 Å². The first-order valence-electron chi connectivity index (χ1n) is 3.04. The summed E-state index contributed by atoms with van der Waals surface area (Å²) in [5.41, 5.74) is 0.676. The highest BCUT2D eigenvalue weighted by Crippen LogP contribution is 2.00. The Balaban J connectivity index is 3.04. The van der Waals surface area contributed by atoms with Crippen molar-refractivity contribution in [3.8, 4) is 0 Å². The fourth-order valence-corrected chi connectivity index (χ4v) is 0.822. The first-order valence-corrected chi connectivity index (χ1v) is 3.04. The van der Waals surface area contributed by atoms with Gasteiger partial charge in [0, 0.05) is 13.2 Å². The number of ketones is 1. The fourth-order valence-electron chi connectivity index (χ4n) is 0.822. The average Bonchev–Trinajstić information content (AvgIpc) is 2.34. The summed E-state index contributed by atoms with van der Waals surface area (Å²) >= 11 is 0. The Morgan fingerprint density at radius 1 is 1.80 bits per heavy atom. The van der Waals surface area contributed by atoms with Gasteiger partial charge in [0.05, 0.1) is 5.69 Å². The van der Waals surface area contributed by atoms with Crippen molar-refractivity contribution in [1.29, 1.82) is 0 Å². The molecular weight excluding hydrogens is 126 g/mol. The molecule has 0 bridgehead atoms. The molecule has 10 heavy (non-hydrogen) atoms. The largest absolute Gasteiger partial charge is 0.348 e. The summed E-state index contributed by atoms with van der Waals surface area (Å²) in [7, 11) is 1.83. The third-order valence-corrected chi connectivity index (χ3v) is 1.38. The Morgan fingerprint density at radius 3 is 2.90 bits per heavy atom. The molecule has 0 aliphatic heterocycles. The van der Waals surface area contributed by atoms with Gasteiger partial charge in [-0.25, -0.2) is 0 Å². The van der Waals surface area contributed by atoms with Gasteiger partial charge in [-0.15, -0.1) is 0 Å². The van der Waals surface area contributed by atoms with Crippen LogP contribution >= 0.6 is 0 Å². The minimum Gasteiger partial charge on any atom is -0.348 e. The van der Waals surface area contributed by atoms with Crippen molar-refractivity contribution in [2.75, 3.05) is 0 Å². The second-order valence-electron chi connectivity index (χ2n) is 2.07. The Bertz CT molecular complexity index is 260. The summed E-state index contributed by atoms with van der Waals surface area (Å²) in [6.45, 7) is 3.39. The van der Waals surface area contributed by atoms with Crippen LogP contribution < -0.4 is 0 Å². The van der Waals surface area contributed by atoms with E-state index in [0.29, 0.717) is 5.69 Å². The van der Waals surface area contributed by atoms with Crippen LogP contribution in [0.3, 0.4) is 0 Å². The Hall–Kier alpha value is -1.31. The normalized spacial score (nSPS) is 9.30. The number of carbonyl (C=O) groups excluding carboxylic acids is 1. The van der Waals surface area contributed by atoms with E-state index in [1.54, 1.807) is 10.6 Å². The predicted molar refractivity (Wildman–Crippen MR) is 39.9 cm³/mol. The van der Waals surface area contributed by atoms with Gasteiger partial charge in [0.25, 0.3) is 0 Å². The van der Waals surface area contributed by atoms with E-state index in [4.69, 9.17) is 0 Å². The molecule has 1 rings (SSSR count). The number of carbonyl (C=O) groups is 1. The van der Waals surface area contributed by atoms with E-state index in [9.17, 15) is 4.79 Å². The molecular formula is C8H9NO. The molecule has 1 heterocycles. The van der Waals surface area contributed by atoms with Crippen molar-refractivity contribution in [2.45, 2.75) is 0 Å². The summed E-state index contributed by atoms with van der Waals surface area (Å²) in [5.74, 6) is -0.0347. The van der Waals surface area contributed by atoms with Gasteiger partial charge in [-0.3, -0.25) is 4.79 Å². The lowest BCUT2D eigenvalue weighted by atomic mass is 10.3. The lowest BCUT2D eigenvalue weighted by Gasteiger charge is -1.95. The average molecular weight is 135 g/mol. The molecule has 0 aliphatic carbocycles. The van der Waals surface area contributed by atoms with Crippen LogP contribution in [0.15, 0.2) is 31.0 Å². The van der Waals surface area contributed by atoms with Crippen LogP contribution in [0.25, 0.3) is 0 Å². The van der Waals surface area contributed by atoms with Crippen LogP contribution in [-0.4, -0.2) is 10.4 Å². The molecule has 0 amide bonds. The standard InChI is InChI=1S/C8H9NO/c1-3-8(10)7-5-4-6-9(7)2/h3-6H,1H2,2H3. The van der Waals surface area contributed by atoms with Gasteiger partial charge in [-0.05, 0) is 18.2 Å². The first-order chi connectivity index (χ1) is 4.75. The lowest BCUT2D eigenvalue weighted by Crippen LogP contribution is -2.00. The second-order valence-corrected chi connectivity index (χ2v) is 2.07. The molecule has 2 heteroatoms. The van der Waals surface area contributed by atoms with Crippen molar-refractivity contribution in [3.63, 3.8) is 0 Å². The van der Waals surface area contributed by atoms with E-state index in [-0.39, 0.29) is 5.78 Å². The van der Waals surface area contributed by atoms with E-state index in [1.165, 1.54) is 6.08 Å². The number of rotatable bonds is 2. The molecule has 0 atom stereocenters. The van der Waals surface area contributed by atoms with E-state index < -0.39 is 0 Å². The van der Waals surface area contributed by atoms with E-state index >= 15 is 0 Å². The summed E-state index contributed by atoms with van der Waals surface area (Å²) in [4.78, 5) is 11.0. The molecule has 0 spiro atoms.